The highest BCUT2D eigenvalue weighted by molar-refractivity contribution is 5.95. The van der Waals surface area contributed by atoms with Gasteiger partial charge < -0.3 is 4.90 Å². The minimum absolute atomic E-state index is 0.101. The van der Waals surface area contributed by atoms with E-state index in [0.29, 0.717) is 11.6 Å². The van der Waals surface area contributed by atoms with Crippen LogP contribution in [0.5, 0.6) is 0 Å². The molecule has 2 aromatic carbocycles. The van der Waals surface area contributed by atoms with Crippen molar-refractivity contribution in [2.45, 2.75) is 32.4 Å². The molecule has 0 bridgehead atoms. The minimum atomic E-state index is 0.101. The van der Waals surface area contributed by atoms with Crippen LogP contribution in [-0.2, 0) is 13.0 Å². The standard InChI is InChI=1S/C24H26N4O/c1-18-23(15-25-28(18)21-9-3-2-4-10-21)24(29)27-14-12-22(17-27)26-13-11-19-7-5-6-8-20(19)16-26/h2-10,15,22H,11-14,16-17H2,1H3. The van der Waals surface area contributed by atoms with Gasteiger partial charge in [-0.2, -0.15) is 5.10 Å². The van der Waals surface area contributed by atoms with Gasteiger partial charge >= 0.3 is 0 Å². The lowest BCUT2D eigenvalue weighted by molar-refractivity contribution is 0.0772. The molecular formula is C24H26N4O. The van der Waals surface area contributed by atoms with Crippen LogP contribution in [0.3, 0.4) is 0 Å². The second-order valence-corrected chi connectivity index (χ2v) is 8.07. The summed E-state index contributed by atoms with van der Waals surface area (Å²) in [5.74, 6) is 0.101. The Kier molecular flexibility index (Phi) is 4.68. The van der Waals surface area contributed by atoms with Gasteiger partial charge in [0.2, 0.25) is 0 Å². The maximum absolute atomic E-state index is 13.2. The molecule has 3 heterocycles. The number of nitrogens with zero attached hydrogens (tertiary/aromatic N) is 4. The third-order valence-electron chi connectivity index (χ3n) is 6.37. The Morgan fingerprint density at radius 3 is 2.59 bits per heavy atom. The molecule has 1 fully saturated rings. The summed E-state index contributed by atoms with van der Waals surface area (Å²) >= 11 is 0. The Morgan fingerprint density at radius 2 is 1.76 bits per heavy atom. The van der Waals surface area contributed by atoms with Crippen molar-refractivity contribution in [3.63, 3.8) is 0 Å². The van der Waals surface area contributed by atoms with E-state index in [1.54, 1.807) is 6.20 Å². The summed E-state index contributed by atoms with van der Waals surface area (Å²) in [6, 6.07) is 19.1. The van der Waals surface area contributed by atoms with Gasteiger partial charge in [0.25, 0.3) is 5.91 Å². The predicted molar refractivity (Wildman–Crippen MR) is 113 cm³/mol. The molecule has 0 aliphatic carbocycles. The molecule has 1 saturated heterocycles. The second-order valence-electron chi connectivity index (χ2n) is 8.07. The first-order valence-electron chi connectivity index (χ1n) is 10.4. The number of aromatic nitrogens is 2. The molecule has 5 nitrogen and oxygen atoms in total. The van der Waals surface area contributed by atoms with E-state index in [0.717, 1.165) is 50.4 Å². The zero-order valence-electron chi connectivity index (χ0n) is 16.8. The minimum Gasteiger partial charge on any atom is -0.337 e. The summed E-state index contributed by atoms with van der Waals surface area (Å²) in [7, 11) is 0. The van der Waals surface area contributed by atoms with E-state index in [4.69, 9.17) is 0 Å². The van der Waals surface area contributed by atoms with Gasteiger partial charge in [0.1, 0.15) is 0 Å². The van der Waals surface area contributed by atoms with Crippen molar-refractivity contribution in [2.24, 2.45) is 0 Å². The van der Waals surface area contributed by atoms with Crippen LogP contribution in [0.2, 0.25) is 0 Å². The molecule has 0 saturated carbocycles. The highest BCUT2D eigenvalue weighted by Gasteiger charge is 2.33. The predicted octanol–water partition coefficient (Wildman–Crippen LogP) is 3.45. The number of hydrogen-bond acceptors (Lipinski definition) is 3. The number of benzene rings is 2. The first-order valence-corrected chi connectivity index (χ1v) is 10.4. The lowest BCUT2D eigenvalue weighted by atomic mass is 9.98. The molecule has 2 aliphatic heterocycles. The van der Waals surface area contributed by atoms with E-state index in [1.807, 2.05) is 46.8 Å². The molecule has 1 unspecified atom stereocenters. The van der Waals surface area contributed by atoms with Crippen molar-refractivity contribution in [1.29, 1.82) is 0 Å². The number of rotatable bonds is 3. The molecule has 1 aromatic heterocycles. The molecule has 3 aromatic rings. The summed E-state index contributed by atoms with van der Waals surface area (Å²) in [5.41, 5.74) is 5.49. The van der Waals surface area contributed by atoms with Crippen molar-refractivity contribution in [3.8, 4) is 5.69 Å². The molecule has 1 atom stereocenters. The number of carbonyl (C=O) groups excluding carboxylic acids is 1. The maximum atomic E-state index is 13.2. The number of amides is 1. The Hall–Kier alpha value is -2.92. The van der Waals surface area contributed by atoms with Crippen molar-refractivity contribution >= 4 is 5.91 Å². The third-order valence-corrected chi connectivity index (χ3v) is 6.37. The molecule has 1 amide bonds. The first kappa shape index (κ1) is 18.1. The fourth-order valence-corrected chi connectivity index (χ4v) is 4.67. The highest BCUT2D eigenvalue weighted by atomic mass is 16.2. The Labute approximate surface area is 171 Å². The molecule has 148 valence electrons. The van der Waals surface area contributed by atoms with E-state index in [2.05, 4.69) is 34.3 Å². The SMILES string of the molecule is Cc1c(C(=O)N2CCC(N3CCc4ccccc4C3)C2)cnn1-c1ccccc1. The zero-order valence-corrected chi connectivity index (χ0v) is 16.8. The molecule has 0 spiro atoms. The van der Waals surface area contributed by atoms with Gasteiger partial charge in [0.15, 0.2) is 0 Å². The van der Waals surface area contributed by atoms with Crippen molar-refractivity contribution in [2.75, 3.05) is 19.6 Å². The van der Waals surface area contributed by atoms with Gasteiger partial charge in [-0.1, -0.05) is 42.5 Å². The monoisotopic (exact) mass is 386 g/mol. The summed E-state index contributed by atoms with van der Waals surface area (Å²) in [4.78, 5) is 17.7. The molecule has 2 aliphatic rings. The van der Waals surface area contributed by atoms with Gasteiger partial charge in [0.05, 0.1) is 23.1 Å². The van der Waals surface area contributed by atoms with Gasteiger partial charge in [0, 0.05) is 32.2 Å². The molecule has 0 radical (unpaired) electrons. The van der Waals surface area contributed by atoms with E-state index < -0.39 is 0 Å². The Balaban J connectivity index is 1.29. The summed E-state index contributed by atoms with van der Waals surface area (Å²) in [5, 5.41) is 4.47. The smallest absolute Gasteiger partial charge is 0.257 e. The third kappa shape index (κ3) is 3.36. The van der Waals surface area contributed by atoms with Gasteiger partial charge in [-0.3, -0.25) is 9.69 Å². The molecule has 5 rings (SSSR count). The quantitative estimate of drug-likeness (QED) is 0.692. The Bertz CT molecular complexity index is 1030. The van der Waals surface area contributed by atoms with E-state index in [-0.39, 0.29) is 5.91 Å². The zero-order chi connectivity index (χ0) is 19.8. The number of likely N-dealkylation sites (tertiary alicyclic amines) is 1. The lowest BCUT2D eigenvalue weighted by Gasteiger charge is -2.33. The van der Waals surface area contributed by atoms with Crippen molar-refractivity contribution < 1.29 is 4.79 Å². The van der Waals surface area contributed by atoms with Crippen LogP contribution in [0.25, 0.3) is 5.69 Å². The van der Waals surface area contributed by atoms with E-state index in [9.17, 15) is 4.79 Å². The van der Waals surface area contributed by atoms with Crippen molar-refractivity contribution in [3.05, 3.63) is 83.2 Å². The van der Waals surface area contributed by atoms with Crippen LogP contribution in [0.15, 0.2) is 60.8 Å². The maximum Gasteiger partial charge on any atom is 0.257 e. The van der Waals surface area contributed by atoms with Crippen LogP contribution in [-0.4, -0.2) is 51.2 Å². The average Bonchev–Trinajstić information content (AvgIpc) is 3.41. The molecular weight excluding hydrogens is 360 g/mol. The highest BCUT2D eigenvalue weighted by Crippen LogP contribution is 2.26. The first-order chi connectivity index (χ1) is 14.2. The molecule has 0 N–H and O–H groups in total. The summed E-state index contributed by atoms with van der Waals surface area (Å²) in [6.45, 7) is 5.67. The Morgan fingerprint density at radius 1 is 1.00 bits per heavy atom. The fraction of sp³-hybridized carbons (Fsp3) is 0.333. The van der Waals surface area contributed by atoms with Crippen LogP contribution < -0.4 is 0 Å². The number of fused-ring (bicyclic) bond motifs is 1. The van der Waals surface area contributed by atoms with E-state index >= 15 is 0 Å². The lowest BCUT2D eigenvalue weighted by Crippen LogP contribution is -2.41. The summed E-state index contributed by atoms with van der Waals surface area (Å²) in [6.07, 6.45) is 3.86. The second kappa shape index (κ2) is 7.48. The number of hydrogen-bond donors (Lipinski definition) is 0. The van der Waals surface area contributed by atoms with Crippen LogP contribution in [0.1, 0.15) is 33.6 Å². The van der Waals surface area contributed by atoms with E-state index in [1.165, 1.54) is 11.1 Å². The number of para-hydroxylation sites is 1. The summed E-state index contributed by atoms with van der Waals surface area (Å²) < 4.78 is 1.85. The van der Waals surface area contributed by atoms with Crippen LogP contribution in [0, 0.1) is 6.92 Å². The number of carbonyl (C=O) groups is 1. The largest absolute Gasteiger partial charge is 0.337 e. The van der Waals surface area contributed by atoms with Crippen LogP contribution in [0.4, 0.5) is 0 Å². The normalized spacial score (nSPS) is 19.3. The van der Waals surface area contributed by atoms with Gasteiger partial charge in [-0.05, 0) is 43.0 Å². The fourth-order valence-electron chi connectivity index (χ4n) is 4.67. The van der Waals surface area contributed by atoms with Gasteiger partial charge in [-0.15, -0.1) is 0 Å². The average molecular weight is 386 g/mol. The molecule has 29 heavy (non-hydrogen) atoms. The van der Waals surface area contributed by atoms with Gasteiger partial charge in [-0.25, -0.2) is 4.68 Å². The van der Waals surface area contributed by atoms with Crippen LogP contribution >= 0.6 is 0 Å². The molecule has 5 heteroatoms. The topological polar surface area (TPSA) is 41.4 Å². The van der Waals surface area contributed by atoms with Crippen molar-refractivity contribution in [1.82, 2.24) is 19.6 Å².